The highest BCUT2D eigenvalue weighted by Crippen LogP contribution is 2.18. The fourth-order valence-corrected chi connectivity index (χ4v) is 1.58. The van der Waals surface area contributed by atoms with Crippen molar-refractivity contribution in [3.8, 4) is 11.6 Å². The molecule has 0 bridgehead atoms. The van der Waals surface area contributed by atoms with Crippen molar-refractivity contribution < 1.29 is 19.4 Å². The van der Waals surface area contributed by atoms with E-state index in [1.165, 1.54) is 12.3 Å². The second kappa shape index (κ2) is 5.86. The van der Waals surface area contributed by atoms with Crippen LogP contribution in [0.4, 0.5) is 0 Å². The number of carboxylic acid groups (broad SMARTS) is 1. The van der Waals surface area contributed by atoms with Gasteiger partial charge in [0.05, 0.1) is 7.11 Å². The molecule has 1 aromatic carbocycles. The minimum atomic E-state index is -1.06. The Morgan fingerprint density at radius 3 is 2.89 bits per heavy atom. The summed E-state index contributed by atoms with van der Waals surface area (Å²) in [4.78, 5) is 14.9. The van der Waals surface area contributed by atoms with Crippen LogP contribution < -0.4 is 9.47 Å². The van der Waals surface area contributed by atoms with E-state index in [9.17, 15) is 4.79 Å². The Morgan fingerprint density at radius 1 is 1.32 bits per heavy atom. The number of carboxylic acids is 1. The first-order valence-electron chi connectivity index (χ1n) is 5.64. The van der Waals surface area contributed by atoms with Crippen LogP contribution in [0.15, 0.2) is 42.6 Å². The van der Waals surface area contributed by atoms with E-state index in [2.05, 4.69) is 4.98 Å². The molecule has 5 heteroatoms. The highest BCUT2D eigenvalue weighted by atomic mass is 16.5. The summed E-state index contributed by atoms with van der Waals surface area (Å²) in [5, 5.41) is 9.01. The Hall–Kier alpha value is -2.56. The van der Waals surface area contributed by atoms with Gasteiger partial charge < -0.3 is 14.6 Å². The summed E-state index contributed by atoms with van der Waals surface area (Å²) in [7, 11) is 1.58. The Morgan fingerprint density at radius 2 is 2.16 bits per heavy atom. The molecule has 0 atom stereocenters. The third kappa shape index (κ3) is 3.22. The summed E-state index contributed by atoms with van der Waals surface area (Å²) < 4.78 is 10.5. The minimum Gasteiger partial charge on any atom is -0.497 e. The summed E-state index contributed by atoms with van der Waals surface area (Å²) in [5.74, 6) is -0.229. The first kappa shape index (κ1) is 12.9. The summed E-state index contributed by atoms with van der Waals surface area (Å²) in [6.07, 6.45) is 1.49. The van der Waals surface area contributed by atoms with Gasteiger partial charge in [0.1, 0.15) is 17.9 Å². The Kier molecular flexibility index (Phi) is 3.97. The molecule has 0 saturated heterocycles. The van der Waals surface area contributed by atoms with Crippen LogP contribution in [-0.4, -0.2) is 23.2 Å². The Balaban J connectivity index is 2.12. The van der Waals surface area contributed by atoms with Gasteiger partial charge in [-0.05, 0) is 29.8 Å². The smallest absolute Gasteiger partial charge is 0.341 e. The number of pyridine rings is 1. The Bertz CT molecular complexity index is 583. The topological polar surface area (TPSA) is 68.7 Å². The lowest BCUT2D eigenvalue weighted by molar-refractivity contribution is 0.0690. The predicted molar refractivity (Wildman–Crippen MR) is 68.5 cm³/mol. The first-order valence-corrected chi connectivity index (χ1v) is 5.64. The van der Waals surface area contributed by atoms with Gasteiger partial charge in [-0.3, -0.25) is 0 Å². The van der Waals surface area contributed by atoms with Gasteiger partial charge in [0.15, 0.2) is 0 Å². The van der Waals surface area contributed by atoms with E-state index in [1.54, 1.807) is 13.2 Å². The van der Waals surface area contributed by atoms with E-state index >= 15 is 0 Å². The van der Waals surface area contributed by atoms with Crippen LogP contribution in [-0.2, 0) is 6.61 Å². The van der Waals surface area contributed by atoms with Crippen molar-refractivity contribution in [2.24, 2.45) is 0 Å². The number of ether oxygens (including phenoxy) is 2. The number of hydrogen-bond acceptors (Lipinski definition) is 4. The van der Waals surface area contributed by atoms with Crippen LogP contribution in [0.25, 0.3) is 0 Å². The number of carbonyl (C=O) groups is 1. The zero-order valence-electron chi connectivity index (χ0n) is 10.4. The van der Waals surface area contributed by atoms with Crippen LogP contribution in [0.1, 0.15) is 15.9 Å². The fourth-order valence-electron chi connectivity index (χ4n) is 1.58. The highest BCUT2D eigenvalue weighted by Gasteiger charge is 2.11. The van der Waals surface area contributed by atoms with Crippen LogP contribution in [0, 0.1) is 0 Å². The molecule has 0 aliphatic rings. The normalized spacial score (nSPS) is 9.95. The van der Waals surface area contributed by atoms with Gasteiger partial charge in [0.25, 0.3) is 0 Å². The second-order valence-corrected chi connectivity index (χ2v) is 3.80. The molecule has 0 spiro atoms. The van der Waals surface area contributed by atoms with Crippen LogP contribution in [0.5, 0.6) is 11.6 Å². The van der Waals surface area contributed by atoms with E-state index < -0.39 is 5.97 Å². The summed E-state index contributed by atoms with van der Waals surface area (Å²) in [6.45, 7) is 0.231. The van der Waals surface area contributed by atoms with Crippen molar-refractivity contribution >= 4 is 5.97 Å². The van der Waals surface area contributed by atoms with E-state index in [4.69, 9.17) is 14.6 Å². The van der Waals surface area contributed by atoms with Crippen LogP contribution in [0.2, 0.25) is 0 Å². The van der Waals surface area contributed by atoms with Gasteiger partial charge in [-0.2, -0.15) is 0 Å². The lowest BCUT2D eigenvalue weighted by Crippen LogP contribution is -2.05. The lowest BCUT2D eigenvalue weighted by Gasteiger charge is -2.08. The third-order valence-electron chi connectivity index (χ3n) is 2.51. The summed E-state index contributed by atoms with van der Waals surface area (Å²) >= 11 is 0. The summed E-state index contributed by atoms with van der Waals surface area (Å²) in [6, 6.07) is 10.4. The molecule has 5 nitrogen and oxygen atoms in total. The molecule has 0 aliphatic heterocycles. The maximum atomic E-state index is 11.0. The van der Waals surface area contributed by atoms with E-state index in [-0.39, 0.29) is 18.1 Å². The van der Waals surface area contributed by atoms with Gasteiger partial charge in [0.2, 0.25) is 5.88 Å². The number of methoxy groups -OCH3 is 1. The van der Waals surface area contributed by atoms with Crippen molar-refractivity contribution in [3.05, 3.63) is 53.7 Å². The van der Waals surface area contributed by atoms with Gasteiger partial charge in [-0.25, -0.2) is 9.78 Å². The first-order chi connectivity index (χ1) is 9.20. The quantitative estimate of drug-likeness (QED) is 0.892. The van der Waals surface area contributed by atoms with Crippen LogP contribution >= 0.6 is 0 Å². The third-order valence-corrected chi connectivity index (χ3v) is 2.51. The Labute approximate surface area is 110 Å². The molecule has 0 amide bonds. The number of aromatic nitrogens is 1. The van der Waals surface area contributed by atoms with Crippen molar-refractivity contribution in [1.82, 2.24) is 4.98 Å². The zero-order valence-corrected chi connectivity index (χ0v) is 10.4. The average molecular weight is 259 g/mol. The van der Waals surface area contributed by atoms with E-state index in [1.807, 2.05) is 24.3 Å². The molecule has 1 heterocycles. The molecular formula is C14H13NO4. The standard InChI is InChI=1S/C14H13NO4/c1-18-11-5-2-4-10(8-11)9-19-13-12(14(16)17)6-3-7-15-13/h2-8H,9H2,1H3,(H,16,17). The van der Waals surface area contributed by atoms with Crippen molar-refractivity contribution in [3.63, 3.8) is 0 Å². The molecule has 0 fully saturated rings. The predicted octanol–water partition coefficient (Wildman–Crippen LogP) is 2.37. The average Bonchev–Trinajstić information content (AvgIpc) is 2.45. The summed E-state index contributed by atoms with van der Waals surface area (Å²) in [5.41, 5.74) is 0.923. The SMILES string of the molecule is COc1cccc(COc2ncccc2C(=O)O)c1. The number of hydrogen-bond donors (Lipinski definition) is 1. The maximum absolute atomic E-state index is 11.0. The molecule has 1 N–H and O–H groups in total. The molecule has 1 aromatic heterocycles. The number of benzene rings is 1. The number of rotatable bonds is 5. The molecule has 98 valence electrons. The lowest BCUT2D eigenvalue weighted by atomic mass is 10.2. The maximum Gasteiger partial charge on any atom is 0.341 e. The minimum absolute atomic E-state index is 0.0467. The van der Waals surface area contributed by atoms with Crippen LogP contribution in [0.3, 0.4) is 0 Å². The van der Waals surface area contributed by atoms with Gasteiger partial charge in [-0.1, -0.05) is 12.1 Å². The van der Waals surface area contributed by atoms with Crippen molar-refractivity contribution in [1.29, 1.82) is 0 Å². The van der Waals surface area contributed by atoms with Crippen molar-refractivity contribution in [2.45, 2.75) is 6.61 Å². The molecule has 0 saturated carbocycles. The number of aromatic carboxylic acids is 1. The van der Waals surface area contributed by atoms with E-state index in [0.29, 0.717) is 0 Å². The van der Waals surface area contributed by atoms with Gasteiger partial charge in [0, 0.05) is 6.20 Å². The van der Waals surface area contributed by atoms with E-state index in [0.717, 1.165) is 11.3 Å². The van der Waals surface area contributed by atoms with Gasteiger partial charge in [-0.15, -0.1) is 0 Å². The van der Waals surface area contributed by atoms with Gasteiger partial charge >= 0.3 is 5.97 Å². The fraction of sp³-hybridized carbons (Fsp3) is 0.143. The molecule has 0 aliphatic carbocycles. The molecule has 2 aromatic rings. The molecule has 0 unspecified atom stereocenters. The molecule has 2 rings (SSSR count). The number of nitrogens with zero attached hydrogens (tertiary/aromatic N) is 1. The molecular weight excluding hydrogens is 246 g/mol. The van der Waals surface area contributed by atoms with Crippen molar-refractivity contribution in [2.75, 3.05) is 7.11 Å². The highest BCUT2D eigenvalue weighted by molar-refractivity contribution is 5.90. The monoisotopic (exact) mass is 259 g/mol. The largest absolute Gasteiger partial charge is 0.497 e. The zero-order chi connectivity index (χ0) is 13.7. The molecule has 19 heavy (non-hydrogen) atoms. The second-order valence-electron chi connectivity index (χ2n) is 3.80. The molecule has 0 radical (unpaired) electrons.